The summed E-state index contributed by atoms with van der Waals surface area (Å²) in [6.07, 6.45) is 5.51. The van der Waals surface area contributed by atoms with Gasteiger partial charge in [0.05, 0.1) is 0 Å². The number of thiophene rings is 1. The number of amides is 1. The monoisotopic (exact) mass is 416 g/mol. The summed E-state index contributed by atoms with van der Waals surface area (Å²) in [4.78, 5) is 17.1. The first-order valence-electron chi connectivity index (χ1n) is 10.4. The summed E-state index contributed by atoms with van der Waals surface area (Å²) >= 11 is 1.71. The van der Waals surface area contributed by atoms with Crippen LogP contribution in [0.5, 0.6) is 5.75 Å². The lowest BCUT2D eigenvalue weighted by atomic mass is 9.96. The van der Waals surface area contributed by atoms with Gasteiger partial charge in [0.2, 0.25) is 0 Å². The fourth-order valence-electron chi connectivity index (χ4n) is 4.29. The van der Waals surface area contributed by atoms with Crippen LogP contribution in [-0.2, 0) is 17.6 Å². The standard InChI is InChI=1S/C25H24N2O2S/c28-25(16-29-19-11-10-17-5-3-6-18(17)13-19)27-15-22(24-9-4-12-30-24)21-14-26-23-8-2-1-7-20(21)23/h1-2,4,7-14,22,26H,3,5-6,15-16H2,(H,27,28). The highest BCUT2D eigenvalue weighted by atomic mass is 32.1. The van der Waals surface area contributed by atoms with Crippen LogP contribution in [0, 0.1) is 0 Å². The highest BCUT2D eigenvalue weighted by Gasteiger charge is 2.20. The smallest absolute Gasteiger partial charge is 0.257 e. The minimum Gasteiger partial charge on any atom is -0.484 e. The van der Waals surface area contributed by atoms with Crippen LogP contribution in [0.1, 0.15) is 33.9 Å². The zero-order valence-corrected chi connectivity index (χ0v) is 17.5. The molecule has 1 aliphatic carbocycles. The van der Waals surface area contributed by atoms with E-state index in [1.54, 1.807) is 11.3 Å². The normalized spacial score (nSPS) is 13.9. The van der Waals surface area contributed by atoms with Crippen LogP contribution in [0.25, 0.3) is 10.9 Å². The number of ether oxygens (including phenoxy) is 1. The predicted octanol–water partition coefficient (Wildman–Crippen LogP) is 5.05. The van der Waals surface area contributed by atoms with Crippen molar-refractivity contribution in [2.24, 2.45) is 0 Å². The highest BCUT2D eigenvalue weighted by molar-refractivity contribution is 7.10. The van der Waals surface area contributed by atoms with Gasteiger partial charge in [0, 0.05) is 34.4 Å². The molecular formula is C25H24N2O2S. The number of benzene rings is 2. The molecule has 0 spiro atoms. The van der Waals surface area contributed by atoms with Gasteiger partial charge in [-0.2, -0.15) is 0 Å². The molecule has 1 aliphatic rings. The van der Waals surface area contributed by atoms with Gasteiger partial charge in [-0.25, -0.2) is 0 Å². The molecule has 2 aromatic carbocycles. The SMILES string of the molecule is O=C(COc1ccc2c(c1)CCC2)NCC(c1cccs1)c1c[nH]c2ccccc12. The first kappa shape index (κ1) is 18.9. The van der Waals surface area contributed by atoms with Crippen molar-refractivity contribution in [1.82, 2.24) is 10.3 Å². The molecule has 4 aromatic rings. The molecule has 0 bridgehead atoms. The average Bonchev–Trinajstić information content (AvgIpc) is 3.53. The van der Waals surface area contributed by atoms with E-state index in [9.17, 15) is 4.79 Å². The van der Waals surface area contributed by atoms with Crippen LogP contribution in [0.3, 0.4) is 0 Å². The van der Waals surface area contributed by atoms with E-state index >= 15 is 0 Å². The zero-order chi connectivity index (χ0) is 20.3. The fraction of sp³-hybridized carbons (Fsp3) is 0.240. The number of para-hydroxylation sites is 1. The third kappa shape index (κ3) is 3.85. The van der Waals surface area contributed by atoms with Crippen molar-refractivity contribution < 1.29 is 9.53 Å². The fourth-order valence-corrected chi connectivity index (χ4v) is 5.14. The average molecular weight is 417 g/mol. The molecule has 1 unspecified atom stereocenters. The second-order valence-electron chi connectivity index (χ2n) is 7.73. The Morgan fingerprint density at radius 3 is 2.90 bits per heavy atom. The van der Waals surface area contributed by atoms with E-state index in [2.05, 4.69) is 58.3 Å². The number of fused-ring (bicyclic) bond motifs is 2. The summed E-state index contributed by atoms with van der Waals surface area (Å²) < 4.78 is 5.76. The number of H-pyrrole nitrogens is 1. The molecular weight excluding hydrogens is 392 g/mol. The number of carbonyl (C=O) groups excluding carboxylic acids is 1. The van der Waals surface area contributed by atoms with E-state index in [0.717, 1.165) is 24.1 Å². The number of carbonyl (C=O) groups is 1. The maximum absolute atomic E-state index is 12.5. The van der Waals surface area contributed by atoms with E-state index in [-0.39, 0.29) is 18.4 Å². The number of hydrogen-bond donors (Lipinski definition) is 2. The molecule has 0 fully saturated rings. The van der Waals surface area contributed by atoms with Crippen molar-refractivity contribution in [1.29, 1.82) is 0 Å². The molecule has 30 heavy (non-hydrogen) atoms. The molecule has 1 amide bonds. The largest absolute Gasteiger partial charge is 0.484 e. The van der Waals surface area contributed by atoms with Crippen molar-refractivity contribution in [3.05, 3.63) is 87.7 Å². The summed E-state index contributed by atoms with van der Waals surface area (Å²) in [5.41, 5.74) is 5.07. The Balaban J connectivity index is 1.26. The summed E-state index contributed by atoms with van der Waals surface area (Å²) in [6, 6.07) is 18.6. The van der Waals surface area contributed by atoms with E-state index in [1.165, 1.54) is 33.4 Å². The van der Waals surface area contributed by atoms with Crippen LogP contribution < -0.4 is 10.1 Å². The Morgan fingerprint density at radius 2 is 2.00 bits per heavy atom. The maximum Gasteiger partial charge on any atom is 0.257 e. The van der Waals surface area contributed by atoms with Gasteiger partial charge < -0.3 is 15.0 Å². The van der Waals surface area contributed by atoms with Crippen molar-refractivity contribution in [3.63, 3.8) is 0 Å². The zero-order valence-electron chi connectivity index (χ0n) is 16.7. The second-order valence-corrected chi connectivity index (χ2v) is 8.71. The van der Waals surface area contributed by atoms with Gasteiger partial charge in [-0.05, 0) is 65.6 Å². The van der Waals surface area contributed by atoms with Gasteiger partial charge >= 0.3 is 0 Å². The third-order valence-corrected chi connectivity index (χ3v) is 6.81. The van der Waals surface area contributed by atoms with Gasteiger partial charge in [-0.3, -0.25) is 4.79 Å². The van der Waals surface area contributed by atoms with Gasteiger partial charge in [0.1, 0.15) is 5.75 Å². The van der Waals surface area contributed by atoms with Crippen LogP contribution in [0.4, 0.5) is 0 Å². The minimum absolute atomic E-state index is 0.0316. The Morgan fingerprint density at radius 1 is 1.10 bits per heavy atom. The molecule has 2 aromatic heterocycles. The Labute approximate surface area is 179 Å². The first-order valence-corrected chi connectivity index (χ1v) is 11.3. The van der Waals surface area contributed by atoms with Crippen LogP contribution in [0.15, 0.2) is 66.2 Å². The Hall–Kier alpha value is -3.05. The molecule has 1 atom stereocenters. The number of rotatable bonds is 7. The van der Waals surface area contributed by atoms with Gasteiger partial charge in [-0.15, -0.1) is 11.3 Å². The molecule has 0 radical (unpaired) electrons. The van der Waals surface area contributed by atoms with Crippen molar-refractivity contribution >= 4 is 28.1 Å². The van der Waals surface area contributed by atoms with Crippen LogP contribution >= 0.6 is 11.3 Å². The topological polar surface area (TPSA) is 54.1 Å². The quantitative estimate of drug-likeness (QED) is 0.443. The van der Waals surface area contributed by atoms with Crippen molar-refractivity contribution in [2.45, 2.75) is 25.2 Å². The summed E-state index contributed by atoms with van der Waals surface area (Å²) in [6.45, 7) is 0.568. The Kier molecular flexibility index (Phi) is 5.28. The molecule has 5 rings (SSSR count). The van der Waals surface area contributed by atoms with Crippen molar-refractivity contribution in [2.75, 3.05) is 13.2 Å². The number of nitrogens with one attached hydrogen (secondary N) is 2. The lowest BCUT2D eigenvalue weighted by Crippen LogP contribution is -2.32. The lowest BCUT2D eigenvalue weighted by Gasteiger charge is -2.16. The Bertz CT molecular complexity index is 1160. The van der Waals surface area contributed by atoms with Gasteiger partial charge in [-0.1, -0.05) is 30.3 Å². The van der Waals surface area contributed by atoms with E-state index in [1.807, 2.05) is 18.2 Å². The molecule has 2 heterocycles. The number of aromatic amines is 1. The number of aryl methyl sites for hydroxylation is 2. The predicted molar refractivity (Wildman–Crippen MR) is 121 cm³/mol. The molecule has 0 aliphatic heterocycles. The summed E-state index contributed by atoms with van der Waals surface area (Å²) in [5, 5.41) is 6.35. The van der Waals surface area contributed by atoms with Crippen LogP contribution in [0.2, 0.25) is 0 Å². The maximum atomic E-state index is 12.5. The minimum atomic E-state index is -0.100. The van der Waals surface area contributed by atoms with E-state index in [4.69, 9.17) is 4.74 Å². The number of hydrogen-bond acceptors (Lipinski definition) is 3. The lowest BCUT2D eigenvalue weighted by molar-refractivity contribution is -0.123. The molecule has 5 heteroatoms. The molecule has 0 saturated carbocycles. The second kappa shape index (κ2) is 8.36. The van der Waals surface area contributed by atoms with Crippen molar-refractivity contribution in [3.8, 4) is 5.75 Å². The molecule has 0 saturated heterocycles. The first-order chi connectivity index (χ1) is 14.8. The van der Waals surface area contributed by atoms with E-state index < -0.39 is 0 Å². The third-order valence-electron chi connectivity index (χ3n) is 5.83. The van der Waals surface area contributed by atoms with Crippen LogP contribution in [-0.4, -0.2) is 24.0 Å². The highest BCUT2D eigenvalue weighted by Crippen LogP contribution is 2.33. The molecule has 2 N–H and O–H groups in total. The number of aromatic nitrogens is 1. The summed E-state index contributed by atoms with van der Waals surface area (Å²) in [7, 11) is 0. The molecule has 4 nitrogen and oxygen atoms in total. The van der Waals surface area contributed by atoms with Gasteiger partial charge in [0.25, 0.3) is 5.91 Å². The summed E-state index contributed by atoms with van der Waals surface area (Å²) in [5.74, 6) is 0.777. The van der Waals surface area contributed by atoms with E-state index in [0.29, 0.717) is 6.54 Å². The molecule has 152 valence electrons. The van der Waals surface area contributed by atoms with Gasteiger partial charge in [0.15, 0.2) is 6.61 Å².